The lowest BCUT2D eigenvalue weighted by Crippen LogP contribution is -2.29. The average molecular weight is 358 g/mol. The zero-order valence-corrected chi connectivity index (χ0v) is 14.6. The predicted molar refractivity (Wildman–Crippen MR) is 98.9 cm³/mol. The smallest absolute Gasteiger partial charge is 0.274 e. The van der Waals surface area contributed by atoms with Crippen LogP contribution in [0.3, 0.4) is 0 Å². The van der Waals surface area contributed by atoms with Crippen LogP contribution in [-0.2, 0) is 6.54 Å². The molecular weight excluding hydrogens is 336 g/mol. The summed E-state index contributed by atoms with van der Waals surface area (Å²) in [6.45, 7) is 2.78. The highest BCUT2D eigenvalue weighted by molar-refractivity contribution is 5.52. The van der Waals surface area contributed by atoms with Crippen LogP contribution < -0.4 is 4.90 Å². The van der Waals surface area contributed by atoms with Crippen molar-refractivity contribution >= 4 is 17.1 Å². The molecule has 8 heteroatoms. The van der Waals surface area contributed by atoms with Crippen molar-refractivity contribution < 1.29 is 15.1 Å². The van der Waals surface area contributed by atoms with Crippen molar-refractivity contribution in [3.8, 4) is 0 Å². The summed E-state index contributed by atoms with van der Waals surface area (Å²) in [5.74, 6) is 0. The predicted octanol–water partition coefficient (Wildman–Crippen LogP) is 2.98. The second kappa shape index (κ2) is 9.59. The lowest BCUT2D eigenvalue weighted by Gasteiger charge is -2.22. The third-order valence-electron chi connectivity index (χ3n) is 3.82. The molecule has 0 aliphatic carbocycles. The Labute approximate surface area is 151 Å². The molecule has 2 rings (SSSR count). The molecule has 0 spiro atoms. The summed E-state index contributed by atoms with van der Waals surface area (Å²) < 4.78 is 0. The Morgan fingerprint density at radius 1 is 1.08 bits per heavy atom. The van der Waals surface area contributed by atoms with E-state index in [4.69, 9.17) is 10.2 Å². The summed E-state index contributed by atoms with van der Waals surface area (Å²) in [4.78, 5) is 12.6. The molecule has 0 fully saturated rings. The van der Waals surface area contributed by atoms with Gasteiger partial charge in [-0.3, -0.25) is 10.1 Å². The van der Waals surface area contributed by atoms with Crippen molar-refractivity contribution in [3.63, 3.8) is 0 Å². The van der Waals surface area contributed by atoms with Crippen molar-refractivity contribution in [1.29, 1.82) is 0 Å². The number of azo groups is 1. The van der Waals surface area contributed by atoms with Crippen LogP contribution in [0.15, 0.2) is 52.7 Å². The summed E-state index contributed by atoms with van der Waals surface area (Å²) in [6.07, 6.45) is 0. The van der Waals surface area contributed by atoms with Gasteiger partial charge in [0.05, 0.1) is 35.9 Å². The van der Waals surface area contributed by atoms with Crippen LogP contribution in [0.1, 0.15) is 11.1 Å². The lowest BCUT2D eigenvalue weighted by atomic mass is 10.1. The van der Waals surface area contributed by atoms with Crippen molar-refractivity contribution in [1.82, 2.24) is 0 Å². The molecule has 0 heterocycles. The van der Waals surface area contributed by atoms with Gasteiger partial charge in [-0.25, -0.2) is 0 Å². The molecule has 0 amide bonds. The molecule has 0 unspecified atom stereocenters. The van der Waals surface area contributed by atoms with E-state index in [2.05, 4.69) is 10.2 Å². The molecule has 0 aliphatic heterocycles. The SMILES string of the molecule is Cc1ccc(CN=Nc2ccc(N(CCO)CCO)cc2)c([N+](=O)[O-])c1. The Morgan fingerprint density at radius 3 is 2.31 bits per heavy atom. The number of nitro benzene ring substituents is 1. The highest BCUT2D eigenvalue weighted by Crippen LogP contribution is 2.23. The van der Waals surface area contributed by atoms with Gasteiger partial charge in [0.1, 0.15) is 0 Å². The van der Waals surface area contributed by atoms with E-state index in [0.717, 1.165) is 11.3 Å². The molecule has 26 heavy (non-hydrogen) atoms. The number of hydrogen-bond donors (Lipinski definition) is 2. The quantitative estimate of drug-likeness (QED) is 0.407. The van der Waals surface area contributed by atoms with Gasteiger partial charge in [0.15, 0.2) is 0 Å². The number of nitrogens with zero attached hydrogens (tertiary/aromatic N) is 4. The fourth-order valence-electron chi connectivity index (χ4n) is 2.51. The second-order valence-corrected chi connectivity index (χ2v) is 5.74. The number of hydrogen-bond acceptors (Lipinski definition) is 7. The third-order valence-corrected chi connectivity index (χ3v) is 3.82. The van der Waals surface area contributed by atoms with Gasteiger partial charge in [0.25, 0.3) is 5.69 Å². The van der Waals surface area contributed by atoms with Gasteiger partial charge in [0.2, 0.25) is 0 Å². The van der Waals surface area contributed by atoms with Gasteiger partial charge in [-0.2, -0.15) is 10.2 Å². The molecule has 0 radical (unpaired) electrons. The standard InChI is InChI=1S/C18H22N4O4/c1-14-2-3-15(18(12-14)22(25)26)13-19-20-16-4-6-17(7-5-16)21(8-10-23)9-11-24/h2-7,12,23-24H,8-11,13H2,1H3. The minimum atomic E-state index is -0.413. The van der Waals surface area contributed by atoms with E-state index in [1.807, 2.05) is 23.1 Å². The summed E-state index contributed by atoms with van der Waals surface area (Å²) in [7, 11) is 0. The van der Waals surface area contributed by atoms with E-state index in [9.17, 15) is 10.1 Å². The number of anilines is 1. The van der Waals surface area contributed by atoms with E-state index in [-0.39, 0.29) is 25.4 Å². The maximum absolute atomic E-state index is 11.1. The summed E-state index contributed by atoms with van der Waals surface area (Å²) in [5, 5.41) is 37.4. The Balaban J connectivity index is 2.06. The van der Waals surface area contributed by atoms with Gasteiger partial charge >= 0.3 is 0 Å². The first-order valence-electron chi connectivity index (χ1n) is 8.23. The van der Waals surface area contributed by atoms with Crippen molar-refractivity contribution in [2.75, 3.05) is 31.2 Å². The van der Waals surface area contributed by atoms with Gasteiger partial charge < -0.3 is 15.1 Å². The van der Waals surface area contributed by atoms with Crippen molar-refractivity contribution in [2.24, 2.45) is 10.2 Å². The normalized spacial score (nSPS) is 11.0. The lowest BCUT2D eigenvalue weighted by molar-refractivity contribution is -0.385. The minimum Gasteiger partial charge on any atom is -0.395 e. The maximum Gasteiger partial charge on any atom is 0.274 e. The summed E-state index contributed by atoms with van der Waals surface area (Å²) in [5.41, 5.74) is 2.86. The molecule has 2 N–H and O–H groups in total. The van der Waals surface area contributed by atoms with E-state index >= 15 is 0 Å². The van der Waals surface area contributed by atoms with Crippen LogP contribution in [-0.4, -0.2) is 41.4 Å². The fraction of sp³-hybridized carbons (Fsp3) is 0.333. The number of nitro groups is 1. The van der Waals surface area contributed by atoms with E-state index in [1.165, 1.54) is 6.07 Å². The number of benzene rings is 2. The van der Waals surface area contributed by atoms with Gasteiger partial charge in [-0.05, 0) is 42.8 Å². The number of aliphatic hydroxyl groups is 2. The molecule has 0 saturated heterocycles. The van der Waals surface area contributed by atoms with Gasteiger partial charge in [-0.1, -0.05) is 6.07 Å². The Kier molecular flexibility index (Phi) is 7.19. The molecule has 0 saturated carbocycles. The third kappa shape index (κ3) is 5.33. The second-order valence-electron chi connectivity index (χ2n) is 5.74. The van der Waals surface area contributed by atoms with Crippen LogP contribution in [0.2, 0.25) is 0 Å². The Bertz CT molecular complexity index is 756. The maximum atomic E-state index is 11.1. The molecule has 0 bridgehead atoms. The molecule has 2 aromatic carbocycles. The Hall–Kier alpha value is -2.84. The molecule has 138 valence electrons. The zero-order chi connectivity index (χ0) is 18.9. The van der Waals surface area contributed by atoms with Crippen molar-refractivity contribution in [2.45, 2.75) is 13.5 Å². The number of rotatable bonds is 9. The molecule has 2 aromatic rings. The van der Waals surface area contributed by atoms with E-state index in [1.54, 1.807) is 25.1 Å². The van der Waals surface area contributed by atoms with Gasteiger partial charge in [-0.15, -0.1) is 0 Å². The topological polar surface area (TPSA) is 112 Å². The zero-order valence-electron chi connectivity index (χ0n) is 14.6. The highest BCUT2D eigenvalue weighted by atomic mass is 16.6. The first kappa shape index (κ1) is 19.5. The average Bonchev–Trinajstić information content (AvgIpc) is 2.63. The molecule has 0 aliphatic rings. The molecule has 0 aromatic heterocycles. The van der Waals surface area contributed by atoms with Crippen LogP contribution in [0.25, 0.3) is 0 Å². The summed E-state index contributed by atoms with van der Waals surface area (Å²) >= 11 is 0. The molecule has 0 atom stereocenters. The minimum absolute atomic E-state index is 0.00319. The van der Waals surface area contributed by atoms with Crippen LogP contribution in [0.4, 0.5) is 17.1 Å². The molecule has 8 nitrogen and oxygen atoms in total. The largest absolute Gasteiger partial charge is 0.395 e. The first-order valence-corrected chi connectivity index (χ1v) is 8.23. The summed E-state index contributed by atoms with van der Waals surface area (Å²) in [6, 6.07) is 12.2. The van der Waals surface area contributed by atoms with Crippen LogP contribution >= 0.6 is 0 Å². The van der Waals surface area contributed by atoms with Crippen molar-refractivity contribution in [3.05, 3.63) is 63.7 Å². The van der Waals surface area contributed by atoms with E-state index in [0.29, 0.717) is 24.3 Å². The monoisotopic (exact) mass is 358 g/mol. The highest BCUT2D eigenvalue weighted by Gasteiger charge is 2.13. The van der Waals surface area contributed by atoms with Crippen LogP contribution in [0.5, 0.6) is 0 Å². The number of aliphatic hydroxyl groups excluding tert-OH is 2. The van der Waals surface area contributed by atoms with E-state index < -0.39 is 4.92 Å². The number of aryl methyl sites for hydroxylation is 1. The Morgan fingerprint density at radius 2 is 1.73 bits per heavy atom. The first-order chi connectivity index (χ1) is 12.5. The van der Waals surface area contributed by atoms with Crippen LogP contribution in [0, 0.1) is 17.0 Å². The molecular formula is C18H22N4O4. The fourth-order valence-corrected chi connectivity index (χ4v) is 2.51. The van der Waals surface area contributed by atoms with Gasteiger partial charge in [0, 0.05) is 24.8 Å².